The van der Waals surface area contributed by atoms with Crippen LogP contribution in [0, 0.1) is 23.7 Å². The van der Waals surface area contributed by atoms with Gasteiger partial charge in [0.1, 0.15) is 6.61 Å². The monoisotopic (exact) mass is 233 g/mol. The molecule has 3 heteroatoms. The van der Waals surface area contributed by atoms with Gasteiger partial charge in [-0.2, -0.15) is 0 Å². The minimum atomic E-state index is -0.0991. The van der Waals surface area contributed by atoms with Crippen molar-refractivity contribution in [3.8, 4) is 23.7 Å². The van der Waals surface area contributed by atoms with E-state index in [9.17, 15) is 0 Å². The van der Waals surface area contributed by atoms with Crippen LogP contribution >= 0.6 is 11.6 Å². The molecule has 0 unspecified atom stereocenters. The Kier molecular flexibility index (Phi) is 6.15. The molecule has 0 amide bonds. The van der Waals surface area contributed by atoms with Crippen molar-refractivity contribution in [2.45, 2.75) is 0 Å². The van der Waals surface area contributed by atoms with Gasteiger partial charge in [-0.15, -0.1) is 0 Å². The molecule has 82 valence electrons. The minimum absolute atomic E-state index is 0.0991. The standard InChI is InChI=1S/C13H12ClNO/c14-13-7-5-12(6-8-13)4-3-10-15-9-1-2-11-16/h5-8,15-16H,9-11H2. The van der Waals surface area contributed by atoms with Gasteiger partial charge in [0.25, 0.3) is 0 Å². The van der Waals surface area contributed by atoms with Crippen LogP contribution in [-0.2, 0) is 0 Å². The van der Waals surface area contributed by atoms with E-state index in [1.807, 2.05) is 24.3 Å². The van der Waals surface area contributed by atoms with Crippen LogP contribution < -0.4 is 5.32 Å². The summed E-state index contributed by atoms with van der Waals surface area (Å²) in [7, 11) is 0. The van der Waals surface area contributed by atoms with Crippen molar-refractivity contribution in [3.05, 3.63) is 34.9 Å². The summed E-state index contributed by atoms with van der Waals surface area (Å²) in [6.45, 7) is 1.01. The van der Waals surface area contributed by atoms with E-state index in [0.717, 1.165) is 5.56 Å². The lowest BCUT2D eigenvalue weighted by molar-refractivity contribution is 0.350. The van der Waals surface area contributed by atoms with Gasteiger partial charge in [0.05, 0.1) is 13.1 Å². The fourth-order valence-corrected chi connectivity index (χ4v) is 1.11. The predicted octanol–water partition coefficient (Wildman–Crippen LogP) is 1.28. The second kappa shape index (κ2) is 7.79. The molecule has 2 nitrogen and oxygen atoms in total. The highest BCUT2D eigenvalue weighted by molar-refractivity contribution is 6.30. The van der Waals surface area contributed by atoms with E-state index in [1.165, 1.54) is 0 Å². The molecule has 0 aliphatic heterocycles. The molecule has 16 heavy (non-hydrogen) atoms. The Morgan fingerprint density at radius 3 is 2.44 bits per heavy atom. The van der Waals surface area contributed by atoms with Crippen LogP contribution in [-0.4, -0.2) is 24.8 Å². The Hall–Kier alpha value is -1.45. The smallest absolute Gasteiger partial charge is 0.104 e. The van der Waals surface area contributed by atoms with E-state index >= 15 is 0 Å². The molecule has 2 N–H and O–H groups in total. The van der Waals surface area contributed by atoms with Crippen molar-refractivity contribution in [2.24, 2.45) is 0 Å². The third kappa shape index (κ3) is 5.44. The lowest BCUT2D eigenvalue weighted by Crippen LogP contribution is -2.13. The first kappa shape index (κ1) is 12.6. The fourth-order valence-electron chi connectivity index (χ4n) is 0.985. The molecule has 1 rings (SSSR count). The van der Waals surface area contributed by atoms with Gasteiger partial charge >= 0.3 is 0 Å². The second-order valence-corrected chi connectivity index (χ2v) is 3.36. The highest BCUT2D eigenvalue weighted by Crippen LogP contribution is 2.07. The van der Waals surface area contributed by atoms with E-state index in [2.05, 4.69) is 29.0 Å². The van der Waals surface area contributed by atoms with Gasteiger partial charge in [0.2, 0.25) is 0 Å². The van der Waals surface area contributed by atoms with Crippen LogP contribution in [0.25, 0.3) is 0 Å². The van der Waals surface area contributed by atoms with Crippen molar-refractivity contribution in [1.82, 2.24) is 5.32 Å². The van der Waals surface area contributed by atoms with E-state index in [-0.39, 0.29) is 6.61 Å². The first-order valence-electron chi connectivity index (χ1n) is 4.84. The van der Waals surface area contributed by atoms with Crippen LogP contribution in [0.1, 0.15) is 5.56 Å². The Morgan fingerprint density at radius 2 is 1.75 bits per heavy atom. The minimum Gasteiger partial charge on any atom is -0.384 e. The number of aliphatic hydroxyl groups is 1. The Bertz CT molecular complexity index is 431. The summed E-state index contributed by atoms with van der Waals surface area (Å²) in [6.07, 6.45) is 0. The van der Waals surface area contributed by atoms with Crippen molar-refractivity contribution >= 4 is 11.6 Å². The number of aliphatic hydroxyl groups excluding tert-OH is 1. The molecule has 0 atom stereocenters. The van der Waals surface area contributed by atoms with Gasteiger partial charge in [-0.25, -0.2) is 0 Å². The summed E-state index contributed by atoms with van der Waals surface area (Å²) in [5.41, 5.74) is 0.938. The number of hydrogen-bond acceptors (Lipinski definition) is 2. The Balaban J connectivity index is 2.30. The highest BCUT2D eigenvalue weighted by atomic mass is 35.5. The lowest BCUT2D eigenvalue weighted by atomic mass is 10.2. The molecule has 0 radical (unpaired) electrons. The molecule has 0 spiro atoms. The normalized spacial score (nSPS) is 8.62. The quantitative estimate of drug-likeness (QED) is 0.596. The van der Waals surface area contributed by atoms with Gasteiger partial charge in [0, 0.05) is 10.6 Å². The molecule has 0 fully saturated rings. The Labute approximate surface area is 101 Å². The molecule has 0 heterocycles. The topological polar surface area (TPSA) is 32.3 Å². The van der Waals surface area contributed by atoms with E-state index in [1.54, 1.807) is 0 Å². The maximum atomic E-state index is 8.40. The van der Waals surface area contributed by atoms with Crippen molar-refractivity contribution < 1.29 is 5.11 Å². The molecule has 1 aromatic carbocycles. The summed E-state index contributed by atoms with van der Waals surface area (Å²) in [5.74, 6) is 11.2. The first-order valence-corrected chi connectivity index (χ1v) is 5.22. The number of benzene rings is 1. The molecular formula is C13H12ClNO. The maximum Gasteiger partial charge on any atom is 0.104 e. The summed E-state index contributed by atoms with van der Waals surface area (Å²) in [4.78, 5) is 0. The van der Waals surface area contributed by atoms with Crippen LogP contribution in [0.2, 0.25) is 5.02 Å². The highest BCUT2D eigenvalue weighted by Gasteiger charge is 1.86. The molecular weight excluding hydrogens is 222 g/mol. The predicted molar refractivity (Wildman–Crippen MR) is 66.1 cm³/mol. The van der Waals surface area contributed by atoms with Gasteiger partial charge in [-0.05, 0) is 24.3 Å². The summed E-state index contributed by atoms with van der Waals surface area (Å²) in [6, 6.07) is 7.37. The third-order valence-electron chi connectivity index (χ3n) is 1.71. The lowest BCUT2D eigenvalue weighted by Gasteiger charge is -1.91. The molecule has 0 bridgehead atoms. The Morgan fingerprint density at radius 1 is 1.06 bits per heavy atom. The van der Waals surface area contributed by atoms with Crippen LogP contribution in [0.3, 0.4) is 0 Å². The molecule has 1 aromatic rings. The van der Waals surface area contributed by atoms with Crippen molar-refractivity contribution in [3.63, 3.8) is 0 Å². The first-order chi connectivity index (χ1) is 7.83. The van der Waals surface area contributed by atoms with E-state index < -0.39 is 0 Å². The second-order valence-electron chi connectivity index (χ2n) is 2.92. The molecule has 0 aliphatic carbocycles. The number of rotatable bonds is 2. The van der Waals surface area contributed by atoms with Crippen LogP contribution in [0.4, 0.5) is 0 Å². The van der Waals surface area contributed by atoms with Crippen molar-refractivity contribution in [1.29, 1.82) is 0 Å². The fraction of sp³-hybridized carbons (Fsp3) is 0.231. The zero-order valence-corrected chi connectivity index (χ0v) is 9.51. The molecule has 0 saturated carbocycles. The maximum absolute atomic E-state index is 8.40. The number of halogens is 1. The number of hydrogen-bond donors (Lipinski definition) is 2. The van der Waals surface area contributed by atoms with Gasteiger partial charge in [-0.1, -0.05) is 35.3 Å². The summed E-state index contributed by atoms with van der Waals surface area (Å²) < 4.78 is 0. The molecule has 0 saturated heterocycles. The van der Waals surface area contributed by atoms with Gasteiger partial charge in [0.15, 0.2) is 0 Å². The third-order valence-corrected chi connectivity index (χ3v) is 1.96. The summed E-state index contributed by atoms with van der Waals surface area (Å²) in [5, 5.41) is 12.1. The average molecular weight is 234 g/mol. The largest absolute Gasteiger partial charge is 0.384 e. The zero-order valence-electron chi connectivity index (χ0n) is 8.76. The van der Waals surface area contributed by atoms with Crippen molar-refractivity contribution in [2.75, 3.05) is 19.7 Å². The molecule has 0 aromatic heterocycles. The van der Waals surface area contributed by atoms with E-state index in [0.29, 0.717) is 18.1 Å². The van der Waals surface area contributed by atoms with Crippen LogP contribution in [0.15, 0.2) is 24.3 Å². The van der Waals surface area contributed by atoms with Crippen LogP contribution in [0.5, 0.6) is 0 Å². The van der Waals surface area contributed by atoms with Gasteiger partial charge in [-0.3, -0.25) is 5.32 Å². The van der Waals surface area contributed by atoms with Gasteiger partial charge < -0.3 is 5.11 Å². The average Bonchev–Trinajstić information content (AvgIpc) is 2.30. The SMILES string of the molecule is OCC#CCNCC#Cc1ccc(Cl)cc1. The zero-order chi connectivity index (χ0) is 11.6. The summed E-state index contributed by atoms with van der Waals surface area (Å²) >= 11 is 5.75. The van der Waals surface area contributed by atoms with E-state index in [4.69, 9.17) is 16.7 Å². The molecule has 0 aliphatic rings. The number of nitrogens with one attached hydrogen (secondary N) is 1.